The van der Waals surface area contributed by atoms with Crippen LogP contribution >= 0.6 is 21.6 Å². The molecular formula is C8H10N2S2. The minimum atomic E-state index is 0.519. The van der Waals surface area contributed by atoms with Crippen molar-refractivity contribution in [3.05, 3.63) is 17.2 Å². The topological polar surface area (TPSA) is 25.8 Å². The minimum absolute atomic E-state index is 0.519. The van der Waals surface area contributed by atoms with E-state index < -0.39 is 0 Å². The van der Waals surface area contributed by atoms with Crippen LogP contribution in [0.4, 0.5) is 0 Å². The molecule has 2 rings (SSSR count). The fraction of sp³-hybridized carbons (Fsp3) is 0.500. The highest BCUT2D eigenvalue weighted by atomic mass is 33.1. The van der Waals surface area contributed by atoms with Crippen molar-refractivity contribution >= 4 is 21.6 Å². The maximum Gasteiger partial charge on any atom is 0.125 e. The Bertz CT molecular complexity index is 325. The smallest absolute Gasteiger partial charge is 0.125 e. The molecular weight excluding hydrogens is 188 g/mol. The van der Waals surface area contributed by atoms with Gasteiger partial charge in [-0.05, 0) is 20.8 Å². The molecule has 0 fully saturated rings. The van der Waals surface area contributed by atoms with E-state index in [-0.39, 0.29) is 0 Å². The van der Waals surface area contributed by atoms with Gasteiger partial charge in [0.1, 0.15) is 5.82 Å². The second kappa shape index (κ2) is 2.92. The lowest BCUT2D eigenvalue weighted by molar-refractivity contribution is 0.868. The average Bonchev–Trinajstić information content (AvgIpc) is 2.33. The average molecular weight is 198 g/mol. The van der Waals surface area contributed by atoms with Crippen molar-refractivity contribution in [2.45, 2.75) is 30.9 Å². The van der Waals surface area contributed by atoms with E-state index in [4.69, 9.17) is 0 Å². The van der Waals surface area contributed by atoms with Crippen molar-refractivity contribution in [3.63, 3.8) is 0 Å². The summed E-state index contributed by atoms with van der Waals surface area (Å²) in [6, 6.07) is 0. The highest BCUT2D eigenvalue weighted by Crippen LogP contribution is 2.52. The molecule has 1 atom stereocenters. The molecule has 2 nitrogen and oxygen atoms in total. The third kappa shape index (κ3) is 1.23. The highest BCUT2D eigenvalue weighted by Gasteiger charge is 2.24. The van der Waals surface area contributed by atoms with Gasteiger partial charge in [0.25, 0.3) is 0 Å². The van der Waals surface area contributed by atoms with Crippen molar-refractivity contribution in [2.24, 2.45) is 0 Å². The number of aryl methyl sites for hydroxylation is 2. The van der Waals surface area contributed by atoms with Gasteiger partial charge in [0.15, 0.2) is 0 Å². The van der Waals surface area contributed by atoms with E-state index >= 15 is 0 Å². The van der Waals surface area contributed by atoms with Crippen LogP contribution < -0.4 is 0 Å². The zero-order valence-corrected chi connectivity index (χ0v) is 8.92. The van der Waals surface area contributed by atoms with Gasteiger partial charge in [-0.2, -0.15) is 0 Å². The Kier molecular flexibility index (Phi) is 2.04. The first-order valence-corrected chi connectivity index (χ1v) is 6.08. The summed E-state index contributed by atoms with van der Waals surface area (Å²) in [5.74, 6) is 0.890. The zero-order chi connectivity index (χ0) is 8.72. The molecule has 0 radical (unpaired) electrons. The van der Waals surface area contributed by atoms with Gasteiger partial charge in [-0.25, -0.2) is 9.97 Å². The third-order valence-electron chi connectivity index (χ3n) is 1.83. The van der Waals surface area contributed by atoms with Crippen LogP contribution in [0.3, 0.4) is 0 Å². The molecule has 1 aliphatic rings. The van der Waals surface area contributed by atoms with Crippen molar-refractivity contribution < 1.29 is 0 Å². The second-order valence-corrected chi connectivity index (χ2v) is 5.44. The highest BCUT2D eigenvalue weighted by molar-refractivity contribution is 8.77. The van der Waals surface area contributed by atoms with Gasteiger partial charge in [0.05, 0.1) is 21.5 Å². The fourth-order valence-electron chi connectivity index (χ4n) is 1.27. The molecule has 0 bridgehead atoms. The Hall–Kier alpha value is -0.220. The van der Waals surface area contributed by atoms with Crippen LogP contribution in [0.25, 0.3) is 0 Å². The first-order chi connectivity index (χ1) is 5.68. The maximum atomic E-state index is 4.44. The van der Waals surface area contributed by atoms with Crippen molar-refractivity contribution in [1.82, 2.24) is 9.97 Å². The zero-order valence-electron chi connectivity index (χ0n) is 7.29. The standard InChI is InChI=1S/C8H10N2S2/c1-4-8-7(5(2)11-12-8)10-6(3)9-4/h5H,1-3H3. The molecule has 1 aromatic heterocycles. The van der Waals surface area contributed by atoms with E-state index in [2.05, 4.69) is 23.8 Å². The summed E-state index contributed by atoms with van der Waals surface area (Å²) in [5, 5.41) is 0.519. The van der Waals surface area contributed by atoms with E-state index in [0.29, 0.717) is 5.25 Å². The van der Waals surface area contributed by atoms with Crippen LogP contribution in [0, 0.1) is 13.8 Å². The van der Waals surface area contributed by atoms with Crippen LogP contribution in [0.2, 0.25) is 0 Å². The van der Waals surface area contributed by atoms with Crippen molar-refractivity contribution in [1.29, 1.82) is 0 Å². The Morgan fingerprint density at radius 1 is 1.25 bits per heavy atom. The molecule has 64 valence electrons. The predicted octanol–water partition coefficient (Wildman–Crippen LogP) is 2.91. The molecule has 0 saturated heterocycles. The van der Waals surface area contributed by atoms with Gasteiger partial charge >= 0.3 is 0 Å². The Balaban J connectivity index is 2.60. The fourth-order valence-corrected chi connectivity index (χ4v) is 3.94. The molecule has 1 unspecified atom stereocenters. The molecule has 0 aromatic carbocycles. The van der Waals surface area contributed by atoms with Gasteiger partial charge < -0.3 is 0 Å². The predicted molar refractivity (Wildman–Crippen MR) is 53.4 cm³/mol. The summed E-state index contributed by atoms with van der Waals surface area (Å²) in [4.78, 5) is 10.1. The molecule has 0 N–H and O–H groups in total. The van der Waals surface area contributed by atoms with Gasteiger partial charge in [-0.15, -0.1) is 0 Å². The van der Waals surface area contributed by atoms with Crippen LogP contribution in [0.15, 0.2) is 4.90 Å². The number of hydrogen-bond acceptors (Lipinski definition) is 4. The van der Waals surface area contributed by atoms with Crippen molar-refractivity contribution in [3.8, 4) is 0 Å². The Morgan fingerprint density at radius 3 is 2.75 bits per heavy atom. The second-order valence-electron chi connectivity index (χ2n) is 2.89. The lowest BCUT2D eigenvalue weighted by Gasteiger charge is -2.03. The molecule has 0 amide bonds. The van der Waals surface area contributed by atoms with Crippen LogP contribution in [-0.2, 0) is 0 Å². The minimum Gasteiger partial charge on any atom is -0.237 e. The maximum absolute atomic E-state index is 4.44. The van der Waals surface area contributed by atoms with Gasteiger partial charge in [0, 0.05) is 0 Å². The molecule has 0 aliphatic carbocycles. The Labute approximate surface area is 80.0 Å². The summed E-state index contributed by atoms with van der Waals surface area (Å²) < 4.78 is 0. The van der Waals surface area contributed by atoms with Crippen molar-refractivity contribution in [2.75, 3.05) is 0 Å². The Morgan fingerprint density at radius 2 is 2.00 bits per heavy atom. The van der Waals surface area contributed by atoms with E-state index in [1.54, 1.807) is 10.8 Å². The van der Waals surface area contributed by atoms with Crippen LogP contribution in [0.1, 0.15) is 29.4 Å². The molecule has 1 aliphatic heterocycles. The van der Waals surface area contributed by atoms with Gasteiger partial charge in [-0.3, -0.25) is 0 Å². The van der Waals surface area contributed by atoms with E-state index in [9.17, 15) is 0 Å². The van der Waals surface area contributed by atoms with Crippen LogP contribution in [0.5, 0.6) is 0 Å². The van der Waals surface area contributed by atoms with E-state index in [1.807, 2.05) is 17.7 Å². The number of hydrogen-bond donors (Lipinski definition) is 0. The van der Waals surface area contributed by atoms with E-state index in [1.165, 1.54) is 10.6 Å². The molecule has 4 heteroatoms. The molecule has 12 heavy (non-hydrogen) atoms. The van der Waals surface area contributed by atoms with Crippen LogP contribution in [-0.4, -0.2) is 9.97 Å². The normalized spacial score (nSPS) is 21.1. The number of fused-ring (bicyclic) bond motifs is 1. The number of nitrogens with zero attached hydrogens (tertiary/aromatic N) is 2. The lowest BCUT2D eigenvalue weighted by Crippen LogP contribution is -1.98. The SMILES string of the molecule is Cc1nc(C)c2c(n1)C(C)SS2. The van der Waals surface area contributed by atoms with Gasteiger partial charge in [-0.1, -0.05) is 21.6 Å². The molecule has 0 spiro atoms. The number of rotatable bonds is 0. The van der Waals surface area contributed by atoms with E-state index in [0.717, 1.165) is 11.5 Å². The molecule has 2 heterocycles. The van der Waals surface area contributed by atoms with Gasteiger partial charge in [0.2, 0.25) is 0 Å². The first kappa shape index (κ1) is 8.38. The number of aromatic nitrogens is 2. The summed E-state index contributed by atoms with van der Waals surface area (Å²) in [6.07, 6.45) is 0. The molecule has 0 saturated carbocycles. The summed E-state index contributed by atoms with van der Waals surface area (Å²) in [7, 11) is 3.67. The summed E-state index contributed by atoms with van der Waals surface area (Å²) in [6.45, 7) is 6.20. The summed E-state index contributed by atoms with van der Waals surface area (Å²) in [5.41, 5.74) is 2.34. The first-order valence-electron chi connectivity index (χ1n) is 3.87. The monoisotopic (exact) mass is 198 g/mol. The summed E-state index contributed by atoms with van der Waals surface area (Å²) >= 11 is 0. The molecule has 1 aromatic rings. The lowest BCUT2D eigenvalue weighted by atomic mass is 10.2. The quantitative estimate of drug-likeness (QED) is 0.599. The third-order valence-corrected chi connectivity index (χ3v) is 4.77. The largest absolute Gasteiger partial charge is 0.237 e.